The van der Waals surface area contributed by atoms with E-state index in [2.05, 4.69) is 22.6 Å². The number of hydrogen-bond acceptors (Lipinski definition) is 2. The van der Waals surface area contributed by atoms with Crippen LogP contribution in [0.15, 0.2) is 30.3 Å². The van der Waals surface area contributed by atoms with Crippen LogP contribution >= 0.6 is 22.6 Å². The Morgan fingerprint density at radius 3 is 2.27 bits per heavy atom. The Morgan fingerprint density at radius 2 is 1.87 bits per heavy atom. The molecule has 1 aromatic rings. The van der Waals surface area contributed by atoms with Gasteiger partial charge in [-0.3, -0.25) is 9.69 Å². The number of nitrogens with zero attached hydrogens (tertiary/aromatic N) is 1. The van der Waals surface area contributed by atoms with E-state index >= 15 is 0 Å². The molecule has 0 saturated heterocycles. The maximum atomic E-state index is 12.3. The van der Waals surface area contributed by atoms with Crippen LogP contribution in [-0.4, -0.2) is 28.3 Å². The van der Waals surface area contributed by atoms with Crippen molar-refractivity contribution in [1.29, 1.82) is 0 Å². The van der Waals surface area contributed by atoms with Gasteiger partial charge in [0.1, 0.15) is 3.55 Å². The van der Waals surface area contributed by atoms with Gasteiger partial charge in [-0.25, -0.2) is 0 Å². The highest BCUT2D eigenvalue weighted by Crippen LogP contribution is 2.29. The molecule has 0 aliphatic carbocycles. The summed E-state index contributed by atoms with van der Waals surface area (Å²) >= 11 is 2.23. The van der Waals surface area contributed by atoms with Crippen molar-refractivity contribution in [1.82, 2.24) is 4.90 Å². The molecule has 0 fully saturated rings. The molecule has 0 spiro atoms. The highest BCUT2D eigenvalue weighted by molar-refractivity contribution is 14.1. The Balaban J connectivity index is 3.03. The number of alkyl halides is 1. The first-order valence-corrected chi connectivity index (χ1v) is 6.06. The zero-order valence-electron chi connectivity index (χ0n) is 9.33. The van der Waals surface area contributed by atoms with Crippen molar-refractivity contribution in [3.63, 3.8) is 0 Å². The fourth-order valence-corrected chi connectivity index (χ4v) is 1.80. The molecule has 0 bridgehead atoms. The van der Waals surface area contributed by atoms with Gasteiger partial charge in [0.25, 0.3) is 0 Å². The van der Waals surface area contributed by atoms with Gasteiger partial charge in [0, 0.05) is 5.56 Å². The number of Topliss-reactive ketones (excluding diaryl/α,β-unsaturated/α-hetero) is 1. The Hall–Kier alpha value is -0.420. The van der Waals surface area contributed by atoms with E-state index < -0.39 is 3.55 Å². The Morgan fingerprint density at radius 1 is 1.33 bits per heavy atom. The van der Waals surface area contributed by atoms with Crippen LogP contribution in [0.1, 0.15) is 23.7 Å². The predicted molar refractivity (Wildman–Crippen MR) is 71.5 cm³/mol. The second kappa shape index (κ2) is 5.07. The summed E-state index contributed by atoms with van der Waals surface area (Å²) in [6.45, 7) is 2.04. The first-order chi connectivity index (χ1) is 7.02. The van der Waals surface area contributed by atoms with E-state index in [4.69, 9.17) is 0 Å². The molecular weight excluding hydrogens is 301 g/mol. The van der Waals surface area contributed by atoms with Gasteiger partial charge < -0.3 is 0 Å². The number of halogens is 1. The molecule has 0 aromatic heterocycles. The third kappa shape index (κ3) is 2.58. The lowest BCUT2D eigenvalue weighted by Crippen LogP contribution is -2.45. The minimum atomic E-state index is -0.431. The maximum Gasteiger partial charge on any atom is 0.193 e. The standard InChI is InChI=1S/C12H16INO/c1-4-12(13,14(2)3)11(15)10-8-6-5-7-9-10/h5-9H,4H2,1-3H3. The van der Waals surface area contributed by atoms with Gasteiger partial charge in [-0.05, 0) is 20.5 Å². The van der Waals surface area contributed by atoms with Gasteiger partial charge in [-0.1, -0.05) is 59.8 Å². The number of hydrogen-bond donors (Lipinski definition) is 0. The van der Waals surface area contributed by atoms with Crippen LogP contribution in [0.3, 0.4) is 0 Å². The Labute approximate surface area is 105 Å². The van der Waals surface area contributed by atoms with Gasteiger partial charge in [0.2, 0.25) is 0 Å². The number of carbonyl (C=O) groups excluding carboxylic acids is 1. The monoisotopic (exact) mass is 317 g/mol. The zero-order chi connectivity index (χ0) is 11.5. The summed E-state index contributed by atoms with van der Waals surface area (Å²) in [4.78, 5) is 14.3. The zero-order valence-corrected chi connectivity index (χ0v) is 11.5. The van der Waals surface area contributed by atoms with Gasteiger partial charge in [-0.15, -0.1) is 0 Å². The lowest BCUT2D eigenvalue weighted by Gasteiger charge is -2.31. The van der Waals surface area contributed by atoms with E-state index in [1.165, 1.54) is 0 Å². The van der Waals surface area contributed by atoms with Gasteiger partial charge in [-0.2, -0.15) is 0 Å². The first-order valence-electron chi connectivity index (χ1n) is 4.98. The minimum Gasteiger partial charge on any atom is -0.291 e. The van der Waals surface area contributed by atoms with Gasteiger partial charge in [0.05, 0.1) is 0 Å². The molecule has 0 amide bonds. The van der Waals surface area contributed by atoms with E-state index in [-0.39, 0.29) is 5.78 Å². The normalized spacial score (nSPS) is 15.0. The van der Waals surface area contributed by atoms with Crippen LogP contribution in [0.4, 0.5) is 0 Å². The van der Waals surface area contributed by atoms with Gasteiger partial charge in [0.15, 0.2) is 5.78 Å². The summed E-state index contributed by atoms with van der Waals surface area (Å²) in [6, 6.07) is 9.46. The molecule has 0 aliphatic heterocycles. The fraction of sp³-hybridized carbons (Fsp3) is 0.417. The van der Waals surface area contributed by atoms with E-state index in [9.17, 15) is 4.79 Å². The fourth-order valence-electron chi connectivity index (χ4n) is 1.49. The maximum absolute atomic E-state index is 12.3. The lowest BCUT2D eigenvalue weighted by molar-refractivity contribution is 0.0852. The second-order valence-electron chi connectivity index (χ2n) is 3.70. The van der Waals surface area contributed by atoms with Crippen molar-refractivity contribution in [3.8, 4) is 0 Å². The van der Waals surface area contributed by atoms with E-state index in [0.29, 0.717) is 0 Å². The highest BCUT2D eigenvalue weighted by atomic mass is 127. The molecular formula is C12H16INO. The van der Waals surface area contributed by atoms with Crippen molar-refractivity contribution in [3.05, 3.63) is 35.9 Å². The summed E-state index contributed by atoms with van der Waals surface area (Å²) in [5, 5.41) is 0. The number of ketones is 1. The van der Waals surface area contributed by atoms with E-state index in [0.717, 1.165) is 12.0 Å². The van der Waals surface area contributed by atoms with Crippen molar-refractivity contribution < 1.29 is 4.79 Å². The smallest absolute Gasteiger partial charge is 0.193 e. The number of likely N-dealkylation sites (N-methyl/N-ethyl adjacent to an activating group) is 1. The van der Waals surface area contributed by atoms with Crippen LogP contribution < -0.4 is 0 Å². The highest BCUT2D eigenvalue weighted by Gasteiger charge is 2.36. The molecule has 0 aliphatic rings. The SMILES string of the molecule is CCC(I)(C(=O)c1ccccc1)N(C)C. The largest absolute Gasteiger partial charge is 0.291 e. The average molecular weight is 317 g/mol. The topological polar surface area (TPSA) is 20.3 Å². The molecule has 1 atom stereocenters. The molecule has 2 nitrogen and oxygen atoms in total. The summed E-state index contributed by atoms with van der Waals surface area (Å²) in [6.07, 6.45) is 0.800. The molecule has 1 aromatic carbocycles. The number of benzene rings is 1. The third-order valence-electron chi connectivity index (χ3n) is 2.56. The molecule has 0 saturated carbocycles. The summed E-state index contributed by atoms with van der Waals surface area (Å²) in [7, 11) is 3.88. The molecule has 0 N–H and O–H groups in total. The van der Waals surface area contributed by atoms with Crippen LogP contribution in [0.5, 0.6) is 0 Å². The molecule has 1 rings (SSSR count). The first kappa shape index (κ1) is 12.6. The third-order valence-corrected chi connectivity index (χ3v) is 4.78. The van der Waals surface area contributed by atoms with E-state index in [1.54, 1.807) is 0 Å². The quantitative estimate of drug-likeness (QED) is 0.368. The van der Waals surface area contributed by atoms with Crippen molar-refractivity contribution in [2.45, 2.75) is 16.9 Å². The number of carbonyl (C=O) groups is 1. The molecule has 15 heavy (non-hydrogen) atoms. The summed E-state index contributed by atoms with van der Waals surface area (Å²) in [5.74, 6) is 0.177. The summed E-state index contributed by atoms with van der Waals surface area (Å²) in [5.41, 5.74) is 0.780. The molecule has 1 unspecified atom stereocenters. The molecule has 82 valence electrons. The molecule has 3 heteroatoms. The predicted octanol–water partition coefficient (Wildman–Crippen LogP) is 2.97. The van der Waals surface area contributed by atoms with Crippen LogP contribution in [0.25, 0.3) is 0 Å². The van der Waals surface area contributed by atoms with Crippen LogP contribution in [0, 0.1) is 0 Å². The molecule has 0 radical (unpaired) electrons. The molecule has 0 heterocycles. The van der Waals surface area contributed by atoms with Crippen molar-refractivity contribution >= 4 is 28.4 Å². The van der Waals surface area contributed by atoms with Crippen LogP contribution in [0.2, 0.25) is 0 Å². The number of rotatable bonds is 4. The average Bonchev–Trinajstić information content (AvgIpc) is 2.28. The minimum absolute atomic E-state index is 0.177. The summed E-state index contributed by atoms with van der Waals surface area (Å²) < 4.78 is -0.431. The van der Waals surface area contributed by atoms with Crippen molar-refractivity contribution in [2.75, 3.05) is 14.1 Å². The van der Waals surface area contributed by atoms with Crippen LogP contribution in [-0.2, 0) is 0 Å². The van der Waals surface area contributed by atoms with Crippen molar-refractivity contribution in [2.24, 2.45) is 0 Å². The Bertz CT molecular complexity index is 337. The van der Waals surface area contributed by atoms with E-state index in [1.807, 2.05) is 56.3 Å². The van der Waals surface area contributed by atoms with Gasteiger partial charge >= 0.3 is 0 Å². The Kier molecular flexibility index (Phi) is 4.28. The second-order valence-corrected chi connectivity index (χ2v) is 5.49. The lowest BCUT2D eigenvalue weighted by atomic mass is 10.0.